The van der Waals surface area contributed by atoms with Crippen LogP contribution in [0.3, 0.4) is 0 Å². The van der Waals surface area contributed by atoms with E-state index < -0.39 is 17.4 Å². The molecule has 2 aromatic rings. The van der Waals surface area contributed by atoms with Gasteiger partial charge in [-0.05, 0) is 12.1 Å². The second kappa shape index (κ2) is 5.24. The van der Waals surface area contributed by atoms with Gasteiger partial charge in [-0.2, -0.15) is 0 Å². The molecule has 0 saturated carbocycles. The predicted molar refractivity (Wildman–Crippen MR) is 93.3 cm³/mol. The first kappa shape index (κ1) is 14.8. The van der Waals surface area contributed by atoms with Gasteiger partial charge in [-0.15, -0.1) is 11.3 Å². The summed E-state index contributed by atoms with van der Waals surface area (Å²) in [6.07, 6.45) is 5.14. The monoisotopic (exact) mass is 353 g/mol. The van der Waals surface area contributed by atoms with E-state index in [1.165, 1.54) is 11.3 Å². The fraction of sp³-hybridized carbons (Fsp3) is 0.278. The van der Waals surface area contributed by atoms with E-state index in [4.69, 9.17) is 4.74 Å². The second-order valence-electron chi connectivity index (χ2n) is 6.49. The Kier molecular flexibility index (Phi) is 3.10. The van der Waals surface area contributed by atoms with Crippen LogP contribution in [0.2, 0.25) is 0 Å². The summed E-state index contributed by atoms with van der Waals surface area (Å²) in [7, 11) is 0. The number of carbonyl (C=O) groups is 2. The molecule has 7 heteroatoms. The average Bonchev–Trinajstić information content (AvgIpc) is 3.38. The Labute approximate surface area is 148 Å². The van der Waals surface area contributed by atoms with Crippen molar-refractivity contribution in [1.82, 2.24) is 4.98 Å². The molecule has 1 N–H and O–H groups in total. The van der Waals surface area contributed by atoms with Gasteiger partial charge in [0.05, 0.1) is 24.5 Å². The van der Waals surface area contributed by atoms with Crippen LogP contribution in [0.15, 0.2) is 54.1 Å². The number of ether oxygens (including phenoxy) is 1. The fourth-order valence-corrected chi connectivity index (χ4v) is 4.63. The number of nitrogens with zero attached hydrogens (tertiary/aromatic N) is 2. The molecule has 2 fully saturated rings. The van der Waals surface area contributed by atoms with Crippen LogP contribution in [0.4, 0.5) is 10.8 Å². The first-order chi connectivity index (χ1) is 12.2. The predicted octanol–water partition coefficient (Wildman–Crippen LogP) is 2.07. The van der Waals surface area contributed by atoms with Gasteiger partial charge in [0, 0.05) is 17.3 Å². The molecule has 1 aromatic carbocycles. The highest BCUT2D eigenvalue weighted by Crippen LogP contribution is 2.52. The number of para-hydroxylation sites is 1. The lowest BCUT2D eigenvalue weighted by molar-refractivity contribution is -0.128. The summed E-state index contributed by atoms with van der Waals surface area (Å²) in [5.41, 5.74) is 0.124. The molecule has 1 spiro atoms. The largest absolute Gasteiger partial charge is 0.360 e. The Bertz CT molecular complexity index is 867. The normalized spacial score (nSPS) is 32.2. The number of benzene rings is 1. The summed E-state index contributed by atoms with van der Waals surface area (Å²) in [5, 5.41) is 5.15. The number of rotatable bonds is 3. The summed E-state index contributed by atoms with van der Waals surface area (Å²) >= 11 is 1.35. The molecule has 4 atom stereocenters. The second-order valence-corrected chi connectivity index (χ2v) is 7.38. The summed E-state index contributed by atoms with van der Waals surface area (Å²) in [6.45, 7) is 0.439. The molecule has 2 saturated heterocycles. The molecule has 2 bridgehead atoms. The maximum Gasteiger partial charge on any atom is 0.234 e. The molecule has 0 aliphatic carbocycles. The molecule has 3 aliphatic heterocycles. The van der Waals surface area contributed by atoms with Crippen LogP contribution in [0.1, 0.15) is 0 Å². The molecule has 0 unspecified atom stereocenters. The summed E-state index contributed by atoms with van der Waals surface area (Å²) in [5.74, 6) is -1.30. The number of thiazole rings is 1. The molecule has 3 aliphatic rings. The molecule has 6 nitrogen and oxygen atoms in total. The van der Waals surface area contributed by atoms with Crippen molar-refractivity contribution in [3.63, 3.8) is 0 Å². The van der Waals surface area contributed by atoms with Crippen LogP contribution in [0, 0.1) is 11.8 Å². The molecule has 5 rings (SSSR count). The van der Waals surface area contributed by atoms with Crippen LogP contribution >= 0.6 is 11.3 Å². The molecule has 4 heterocycles. The Hall–Kier alpha value is -2.51. The van der Waals surface area contributed by atoms with Gasteiger partial charge in [0.1, 0.15) is 5.60 Å². The quantitative estimate of drug-likeness (QED) is 0.858. The van der Waals surface area contributed by atoms with E-state index in [9.17, 15) is 9.59 Å². The number of nitrogens with one attached hydrogen (secondary N) is 1. The van der Waals surface area contributed by atoms with Crippen LogP contribution in [0.5, 0.6) is 0 Å². The first-order valence-electron chi connectivity index (χ1n) is 8.12. The maximum absolute atomic E-state index is 13.1. The number of aromatic nitrogens is 1. The topological polar surface area (TPSA) is 71.5 Å². The van der Waals surface area contributed by atoms with Crippen LogP contribution in [0.25, 0.3) is 0 Å². The van der Waals surface area contributed by atoms with Gasteiger partial charge in [0.15, 0.2) is 5.13 Å². The van der Waals surface area contributed by atoms with Gasteiger partial charge < -0.3 is 15.0 Å². The van der Waals surface area contributed by atoms with E-state index in [1.54, 1.807) is 16.5 Å². The van der Waals surface area contributed by atoms with Gasteiger partial charge in [-0.3, -0.25) is 9.59 Å². The molecule has 126 valence electrons. The number of carbonyl (C=O) groups excluding carboxylic acids is 2. The lowest BCUT2D eigenvalue weighted by atomic mass is 9.77. The van der Waals surface area contributed by atoms with Crippen molar-refractivity contribution >= 4 is 34.0 Å². The Balaban J connectivity index is 1.47. The molecular formula is C18H15N3O3S. The van der Waals surface area contributed by atoms with Gasteiger partial charge in [-0.1, -0.05) is 30.4 Å². The summed E-state index contributed by atoms with van der Waals surface area (Å²) in [6, 6.07) is 9.51. The van der Waals surface area contributed by atoms with Crippen molar-refractivity contribution < 1.29 is 14.3 Å². The third-order valence-electron chi connectivity index (χ3n) is 5.13. The zero-order valence-electron chi connectivity index (χ0n) is 13.2. The lowest BCUT2D eigenvalue weighted by Crippen LogP contribution is -2.41. The van der Waals surface area contributed by atoms with E-state index in [0.717, 1.165) is 5.69 Å². The van der Waals surface area contributed by atoms with Crippen molar-refractivity contribution in [2.45, 2.75) is 11.7 Å². The van der Waals surface area contributed by atoms with Crippen molar-refractivity contribution in [3.05, 3.63) is 54.1 Å². The third kappa shape index (κ3) is 2.09. The lowest BCUT2D eigenvalue weighted by Gasteiger charge is -2.22. The standard InChI is InChI=1S/C18H15N3O3S/c22-15(20-17-19-8-9-25-17)13-12-6-7-18(24-12)10-21(16(23)14(13)18)11-4-2-1-3-5-11/h1-9,12-14H,10H2,(H,19,20,22)/t12-,13-,14-,18+/m1/s1. The molecular weight excluding hydrogens is 338 g/mol. The van der Waals surface area contributed by atoms with Crippen LogP contribution in [-0.2, 0) is 14.3 Å². The van der Waals surface area contributed by atoms with Gasteiger partial charge in [0.25, 0.3) is 0 Å². The van der Waals surface area contributed by atoms with Crippen molar-refractivity contribution in [1.29, 1.82) is 0 Å². The van der Waals surface area contributed by atoms with Crippen molar-refractivity contribution in [2.24, 2.45) is 11.8 Å². The molecule has 0 radical (unpaired) electrons. The zero-order chi connectivity index (χ0) is 17.0. The Morgan fingerprint density at radius 1 is 1.36 bits per heavy atom. The average molecular weight is 353 g/mol. The van der Waals surface area contributed by atoms with Gasteiger partial charge >= 0.3 is 0 Å². The van der Waals surface area contributed by atoms with E-state index in [0.29, 0.717) is 11.7 Å². The zero-order valence-corrected chi connectivity index (χ0v) is 14.0. The number of hydrogen-bond donors (Lipinski definition) is 1. The molecule has 25 heavy (non-hydrogen) atoms. The first-order valence-corrected chi connectivity index (χ1v) is 9.00. The number of fused-ring (bicyclic) bond motifs is 1. The van der Waals surface area contributed by atoms with E-state index >= 15 is 0 Å². The summed E-state index contributed by atoms with van der Waals surface area (Å²) < 4.78 is 6.11. The number of amides is 2. The van der Waals surface area contributed by atoms with Gasteiger partial charge in [0.2, 0.25) is 11.8 Å². The fourth-order valence-electron chi connectivity index (χ4n) is 4.10. The minimum Gasteiger partial charge on any atom is -0.360 e. The van der Waals surface area contributed by atoms with Gasteiger partial charge in [-0.25, -0.2) is 4.98 Å². The Morgan fingerprint density at radius 2 is 2.20 bits per heavy atom. The highest BCUT2D eigenvalue weighted by atomic mass is 32.1. The van der Waals surface area contributed by atoms with E-state index in [2.05, 4.69) is 10.3 Å². The van der Waals surface area contributed by atoms with Crippen molar-refractivity contribution in [2.75, 3.05) is 16.8 Å². The minimum absolute atomic E-state index is 0.0580. The third-order valence-corrected chi connectivity index (χ3v) is 5.82. The Morgan fingerprint density at radius 3 is 2.96 bits per heavy atom. The van der Waals surface area contributed by atoms with Crippen LogP contribution in [-0.4, -0.2) is 35.0 Å². The maximum atomic E-state index is 13.1. The SMILES string of the molecule is O=C(Nc1nccs1)[C@@H]1[C@H]2C=C[C@@]3(CN(c4ccccc4)C(=O)[C@@H]13)O2. The minimum atomic E-state index is -0.706. The van der Waals surface area contributed by atoms with E-state index in [1.807, 2.05) is 42.5 Å². The highest BCUT2D eigenvalue weighted by molar-refractivity contribution is 7.13. The highest BCUT2D eigenvalue weighted by Gasteiger charge is 2.67. The van der Waals surface area contributed by atoms with Crippen molar-refractivity contribution in [3.8, 4) is 0 Å². The smallest absolute Gasteiger partial charge is 0.234 e. The summed E-state index contributed by atoms with van der Waals surface area (Å²) in [4.78, 5) is 31.7. The number of anilines is 2. The number of hydrogen-bond acceptors (Lipinski definition) is 5. The molecule has 1 aromatic heterocycles. The molecule has 2 amide bonds. The van der Waals surface area contributed by atoms with Crippen LogP contribution < -0.4 is 10.2 Å². The van der Waals surface area contributed by atoms with E-state index in [-0.39, 0.29) is 17.9 Å².